The predicted molar refractivity (Wildman–Crippen MR) is 394 cm³/mol. The minimum absolute atomic E-state index is 0.00256. The van der Waals surface area contributed by atoms with Gasteiger partial charge in [-0.25, -0.2) is 0 Å². The maximum absolute atomic E-state index is 16.3. The van der Waals surface area contributed by atoms with E-state index in [2.05, 4.69) is 16.3 Å². The Hall–Kier alpha value is -11.0. The average molecular weight is 1330 g/mol. The van der Waals surface area contributed by atoms with Gasteiger partial charge in [0.05, 0.1) is 0 Å². The van der Waals surface area contributed by atoms with Crippen LogP contribution in [0.1, 0.15) is 0 Å². The van der Waals surface area contributed by atoms with E-state index in [0.29, 0.717) is 66.4 Å². The van der Waals surface area contributed by atoms with Crippen molar-refractivity contribution in [3.8, 4) is 89.8 Å². The third-order valence-electron chi connectivity index (χ3n) is 18.9. The molecule has 0 aliphatic carbocycles. The summed E-state index contributed by atoms with van der Waals surface area (Å²) in [6.45, 7) is 0. The van der Waals surface area contributed by atoms with Crippen LogP contribution in [-0.2, 0) is 10.0 Å². The Balaban J connectivity index is 1.00. The van der Waals surface area contributed by atoms with Crippen molar-refractivity contribution in [3.63, 3.8) is 0 Å². The van der Waals surface area contributed by atoms with Crippen molar-refractivity contribution >= 4 is 118 Å². The van der Waals surface area contributed by atoms with Gasteiger partial charge in [0.2, 0.25) is 0 Å². The second-order valence-corrected chi connectivity index (χ2v) is 31.2. The van der Waals surface area contributed by atoms with Crippen molar-refractivity contribution in [2.75, 3.05) is 7.05 Å². The lowest BCUT2D eigenvalue weighted by Crippen LogP contribution is -2.28. The van der Waals surface area contributed by atoms with Crippen LogP contribution in [0.4, 0.5) is 13.2 Å². The second kappa shape index (κ2) is 22.0. The van der Waals surface area contributed by atoms with Crippen LogP contribution in [0, 0.1) is 0 Å². The first-order chi connectivity index (χ1) is 47.2. The molecular weight excluding hydrogens is 1270 g/mol. The summed E-state index contributed by atoms with van der Waals surface area (Å²) in [5, 5.41) is 13.5. The molecule has 0 radical (unpaired) electrons. The molecule has 0 N–H and O–H groups in total. The Morgan fingerprint density at radius 3 is 0.835 bits per heavy atom. The van der Waals surface area contributed by atoms with Crippen molar-refractivity contribution in [2.45, 2.75) is 5.51 Å². The van der Waals surface area contributed by atoms with Crippen molar-refractivity contribution in [1.82, 2.24) is 4.44 Å². The molecule has 0 unspecified atom stereocenters. The first-order valence-electron chi connectivity index (χ1n) is 31.6. The highest BCUT2D eigenvalue weighted by Crippen LogP contribution is 2.75. The molecule has 0 amide bonds. The van der Waals surface area contributed by atoms with Gasteiger partial charge < -0.3 is 18.1 Å². The van der Waals surface area contributed by atoms with E-state index < -0.39 is 30.7 Å². The fourth-order valence-electron chi connectivity index (χ4n) is 14.2. The topological polar surface area (TPSA) is 86.7 Å². The van der Waals surface area contributed by atoms with E-state index in [4.69, 9.17) is 24.4 Å². The van der Waals surface area contributed by atoms with Gasteiger partial charge >= 0.3 is 30.7 Å². The number of hydrogen-bond donors (Lipinski definition) is 0. The van der Waals surface area contributed by atoms with Crippen LogP contribution in [0.5, 0.6) is 23.0 Å². The number of halogens is 3. The summed E-state index contributed by atoms with van der Waals surface area (Å²) in [5.41, 5.74) is 0.796. The molecule has 0 bridgehead atoms. The zero-order valence-electron chi connectivity index (χ0n) is 51.7. The van der Waals surface area contributed by atoms with Crippen LogP contribution < -0.4 is 18.1 Å². The van der Waals surface area contributed by atoms with E-state index in [1.807, 2.05) is 279 Å². The normalized spacial score (nSPS) is 14.1. The Bertz CT molecular complexity index is 5990. The fourth-order valence-corrected chi connectivity index (χ4v) is 20.8. The molecule has 16 aromatic rings. The predicted octanol–water partition coefficient (Wildman–Crippen LogP) is 24.1. The molecule has 0 saturated carbocycles. The van der Waals surface area contributed by atoms with Crippen LogP contribution in [0.3, 0.4) is 0 Å². The summed E-state index contributed by atoms with van der Waals surface area (Å²) < 4.78 is 116. The van der Waals surface area contributed by atoms with Crippen LogP contribution >= 0.6 is 15.1 Å². The summed E-state index contributed by atoms with van der Waals surface area (Å²) in [7, 11) is -15.5. The summed E-state index contributed by atoms with van der Waals surface area (Å²) >= 11 is 0. The molecule has 468 valence electrons. The molecule has 16 aromatic carbocycles. The Morgan fingerprint density at radius 1 is 0.330 bits per heavy atom. The molecule has 14 heteroatoms. The third-order valence-corrected chi connectivity index (χ3v) is 26.1. The first-order valence-corrected chi connectivity index (χ1v) is 36.3. The number of fused-ring (bicyclic) bond motifs is 18. The van der Waals surface area contributed by atoms with Gasteiger partial charge in [0.25, 0.3) is 0 Å². The number of hydrogen-bond acceptors (Lipinski definition) is 6. The van der Waals surface area contributed by atoms with Crippen molar-refractivity contribution in [1.29, 1.82) is 0 Å². The molecule has 97 heavy (non-hydrogen) atoms. The van der Waals surface area contributed by atoms with Gasteiger partial charge in [-0.1, -0.05) is 247 Å². The van der Waals surface area contributed by atoms with Crippen molar-refractivity contribution in [2.24, 2.45) is 4.15 Å². The lowest BCUT2D eigenvalue weighted by Gasteiger charge is -2.38. The SMILES string of the molecule is C=P1(N(C)P2(=NS(=O)(=O)C(F)(F)F)Oc3c(-c4ccc5ccccc5c4)cc4ccccc4c3-c3c(c(-c4ccc5ccccc5c4)cc4ccccc34)O2)Oc2c(-c3ccc4ccccc4c3)cc3ccccc3c2-c2c(c(-c3ccc4ccccc4c3)cc3ccccc23)O1. The smallest absolute Gasteiger partial charge is 0.431 e. The summed E-state index contributed by atoms with van der Waals surface area (Å²) in [6.07, 6.45) is 5.02. The molecule has 2 aliphatic rings. The molecule has 0 spiro atoms. The highest BCUT2D eigenvalue weighted by atomic mass is 32.2. The zero-order valence-corrected chi connectivity index (χ0v) is 54.3. The van der Waals surface area contributed by atoms with E-state index in [-0.39, 0.29) is 23.0 Å². The number of sulfonamides is 1. The van der Waals surface area contributed by atoms with Crippen LogP contribution in [0.2, 0.25) is 0 Å². The Labute approximate surface area is 556 Å². The largest absolute Gasteiger partial charge is 0.518 e. The fraction of sp³-hybridized carbons (Fsp3) is 0.0241. The van der Waals surface area contributed by atoms with Gasteiger partial charge in [0.1, 0.15) is 23.0 Å². The Kier molecular flexibility index (Phi) is 13.3. The number of rotatable bonds is 7. The van der Waals surface area contributed by atoms with Gasteiger partial charge in [-0.3, -0.25) is 0 Å². The molecular formula is C83H53F3N2O6P2S. The third kappa shape index (κ3) is 9.53. The highest BCUT2D eigenvalue weighted by molar-refractivity contribution is 7.94. The van der Waals surface area contributed by atoms with Gasteiger partial charge in [0.15, 0.2) is 0 Å². The quantitative estimate of drug-likeness (QED) is 0.147. The van der Waals surface area contributed by atoms with E-state index >= 15 is 21.6 Å². The standard InChI is InChI=1S/C83H53F3N2O6P2S/c1-88(95(2)91-79-71(63-39-35-51-19-3-7-23-55(51)43-63)47-59-27-11-15-31-67(59)75(79)76-68-32-16-12-28-60(68)48-72(80(76)92-95)64-40-36-52-20-4-8-24-56(52)44-64)96(87-97(89,90)83(84,85)86)93-81-73(65-41-37-53-21-5-9-25-57(53)45-65)49-61-29-13-17-33-69(61)77(81)78-70-34-18-14-30-62(70)50-74(82(78)94-96)66-42-38-54-22-6-10-26-58(54)46-66/h3-50H,2H2,1H3. The van der Waals surface area contributed by atoms with Gasteiger partial charge in [-0.15, -0.1) is 4.44 Å². The minimum atomic E-state index is -6.66. The maximum atomic E-state index is 16.3. The molecule has 2 aliphatic heterocycles. The lowest BCUT2D eigenvalue weighted by molar-refractivity contribution is -0.0435. The number of benzene rings is 16. The van der Waals surface area contributed by atoms with Crippen LogP contribution in [0.15, 0.2) is 295 Å². The van der Waals surface area contributed by atoms with Gasteiger partial charge in [0, 0.05) is 51.6 Å². The average Bonchev–Trinajstić information content (AvgIpc) is 1.67. The molecule has 0 fully saturated rings. The first kappa shape index (κ1) is 58.6. The van der Waals surface area contributed by atoms with Gasteiger partial charge in [-0.2, -0.15) is 21.6 Å². The monoisotopic (exact) mass is 1320 g/mol. The van der Waals surface area contributed by atoms with Crippen LogP contribution in [0.25, 0.3) is 153 Å². The zero-order chi connectivity index (χ0) is 65.5. The van der Waals surface area contributed by atoms with Crippen molar-refractivity contribution in [3.05, 3.63) is 291 Å². The van der Waals surface area contributed by atoms with Crippen molar-refractivity contribution < 1.29 is 39.7 Å². The summed E-state index contributed by atoms with van der Waals surface area (Å²) in [4.78, 5) is 0. The van der Waals surface area contributed by atoms with Gasteiger partial charge in [-0.05, 0) is 163 Å². The molecule has 18 rings (SSSR count). The second-order valence-electron chi connectivity index (χ2n) is 24.6. The highest BCUT2D eigenvalue weighted by Gasteiger charge is 2.55. The molecule has 0 saturated heterocycles. The maximum Gasteiger partial charge on any atom is 0.518 e. The molecule has 2 heterocycles. The number of alkyl halides is 3. The number of nitrogens with zero attached hydrogens (tertiary/aromatic N) is 2. The summed E-state index contributed by atoms with van der Waals surface area (Å²) in [6, 6.07) is 95.1. The van der Waals surface area contributed by atoms with E-state index in [1.165, 1.54) is 11.5 Å². The van der Waals surface area contributed by atoms with E-state index in [0.717, 1.165) is 86.5 Å². The van der Waals surface area contributed by atoms with E-state index in [1.54, 1.807) is 0 Å². The summed E-state index contributed by atoms with van der Waals surface area (Å²) in [5.74, 6) is 0.536. The Morgan fingerprint density at radius 2 is 0.567 bits per heavy atom. The van der Waals surface area contributed by atoms with E-state index in [9.17, 15) is 0 Å². The minimum Gasteiger partial charge on any atom is -0.431 e. The van der Waals surface area contributed by atoms with Crippen LogP contribution in [-0.4, -0.2) is 31.7 Å². The molecule has 0 aromatic heterocycles. The lowest BCUT2D eigenvalue weighted by atomic mass is 9.86. The molecule has 8 nitrogen and oxygen atoms in total. The molecule has 0 atom stereocenters.